The molecule has 4 heteroatoms. The Morgan fingerprint density at radius 2 is 2.14 bits per heavy atom. The second kappa shape index (κ2) is 4.28. The van der Waals surface area contributed by atoms with Crippen LogP contribution in [0.5, 0.6) is 0 Å². The Labute approximate surface area is 85.3 Å². The molecule has 1 aliphatic rings. The average Bonchev–Trinajstić information content (AvgIpc) is 2.42. The van der Waals surface area contributed by atoms with E-state index in [-0.39, 0.29) is 12.0 Å². The molecule has 3 unspecified atom stereocenters. The van der Waals surface area contributed by atoms with Crippen molar-refractivity contribution in [3.8, 4) is 0 Å². The quantitative estimate of drug-likeness (QED) is 0.692. The first-order chi connectivity index (χ1) is 6.49. The van der Waals surface area contributed by atoms with Crippen LogP contribution >= 0.6 is 0 Å². The highest BCUT2D eigenvalue weighted by molar-refractivity contribution is 5.72. The molecule has 82 valence electrons. The van der Waals surface area contributed by atoms with Crippen LogP contribution in [0.25, 0.3) is 0 Å². The van der Waals surface area contributed by atoms with Gasteiger partial charge in [0.1, 0.15) is 0 Å². The van der Waals surface area contributed by atoms with E-state index in [0.29, 0.717) is 18.6 Å². The van der Waals surface area contributed by atoms with Crippen LogP contribution in [0.15, 0.2) is 0 Å². The molecule has 0 bridgehead atoms. The number of carboxylic acids is 1. The van der Waals surface area contributed by atoms with E-state index in [1.54, 1.807) is 0 Å². The summed E-state index contributed by atoms with van der Waals surface area (Å²) in [6.07, 6.45) is 0. The fourth-order valence-corrected chi connectivity index (χ4v) is 2.40. The number of nitrogens with one attached hydrogen (secondary N) is 1. The molecule has 1 fully saturated rings. The molecule has 0 amide bonds. The molecule has 1 saturated heterocycles. The zero-order valence-corrected chi connectivity index (χ0v) is 9.32. The van der Waals surface area contributed by atoms with E-state index in [1.807, 2.05) is 7.05 Å². The van der Waals surface area contributed by atoms with E-state index in [2.05, 4.69) is 31.0 Å². The Balaban J connectivity index is 2.78. The van der Waals surface area contributed by atoms with Gasteiger partial charge in [-0.3, -0.25) is 9.69 Å². The topological polar surface area (TPSA) is 52.6 Å². The molecule has 3 atom stereocenters. The van der Waals surface area contributed by atoms with Crippen molar-refractivity contribution >= 4 is 5.97 Å². The largest absolute Gasteiger partial charge is 0.481 e. The number of aliphatic carboxylic acids is 1. The fraction of sp³-hybridized carbons (Fsp3) is 0.900. The second-order valence-electron chi connectivity index (χ2n) is 4.29. The minimum Gasteiger partial charge on any atom is -0.481 e. The Hall–Kier alpha value is -0.610. The van der Waals surface area contributed by atoms with E-state index in [1.165, 1.54) is 0 Å². The lowest BCUT2D eigenvalue weighted by molar-refractivity contribution is -0.141. The molecule has 0 saturated carbocycles. The molecule has 0 aromatic carbocycles. The van der Waals surface area contributed by atoms with Crippen molar-refractivity contribution in [2.75, 3.05) is 13.6 Å². The summed E-state index contributed by atoms with van der Waals surface area (Å²) in [5.41, 5.74) is 0. The summed E-state index contributed by atoms with van der Waals surface area (Å²) in [6.45, 7) is 6.95. The lowest BCUT2D eigenvalue weighted by Crippen LogP contribution is -2.43. The van der Waals surface area contributed by atoms with Crippen LogP contribution in [0.4, 0.5) is 0 Å². The molecule has 2 N–H and O–H groups in total. The highest BCUT2D eigenvalue weighted by Gasteiger charge is 2.42. The summed E-state index contributed by atoms with van der Waals surface area (Å²) in [4.78, 5) is 13.3. The van der Waals surface area contributed by atoms with Gasteiger partial charge in [-0.15, -0.1) is 0 Å². The number of nitrogens with zero attached hydrogens (tertiary/aromatic N) is 1. The second-order valence-corrected chi connectivity index (χ2v) is 4.29. The lowest BCUT2D eigenvalue weighted by Gasteiger charge is -2.27. The molecule has 14 heavy (non-hydrogen) atoms. The SMILES string of the molecule is CNC1C(C(=O)O)CN(C(C)C)C1C. The number of likely N-dealkylation sites (N-methyl/N-ethyl adjacent to an activating group) is 1. The van der Waals surface area contributed by atoms with Gasteiger partial charge in [0.25, 0.3) is 0 Å². The summed E-state index contributed by atoms with van der Waals surface area (Å²) in [6, 6.07) is 0.765. The van der Waals surface area contributed by atoms with Gasteiger partial charge < -0.3 is 10.4 Å². The third-order valence-electron chi connectivity index (χ3n) is 3.20. The van der Waals surface area contributed by atoms with E-state index < -0.39 is 5.97 Å². The van der Waals surface area contributed by atoms with Gasteiger partial charge in [-0.1, -0.05) is 0 Å². The molecular weight excluding hydrogens is 180 g/mol. The molecule has 1 aliphatic heterocycles. The first-order valence-corrected chi connectivity index (χ1v) is 5.14. The summed E-state index contributed by atoms with van der Waals surface area (Å²) in [5.74, 6) is -0.975. The summed E-state index contributed by atoms with van der Waals surface area (Å²) < 4.78 is 0. The van der Waals surface area contributed by atoms with Gasteiger partial charge in [0.05, 0.1) is 5.92 Å². The maximum absolute atomic E-state index is 11.0. The van der Waals surface area contributed by atoms with Crippen molar-refractivity contribution in [1.29, 1.82) is 0 Å². The van der Waals surface area contributed by atoms with E-state index in [4.69, 9.17) is 5.11 Å². The van der Waals surface area contributed by atoms with Crippen LogP contribution in [0.3, 0.4) is 0 Å². The van der Waals surface area contributed by atoms with Crippen LogP contribution in [0.1, 0.15) is 20.8 Å². The molecule has 1 rings (SSSR count). The highest BCUT2D eigenvalue weighted by atomic mass is 16.4. The van der Waals surface area contributed by atoms with Gasteiger partial charge >= 0.3 is 5.97 Å². The third kappa shape index (κ3) is 1.91. The summed E-state index contributed by atoms with van der Waals surface area (Å²) >= 11 is 0. The van der Waals surface area contributed by atoms with Gasteiger partial charge in [-0.25, -0.2) is 0 Å². The number of rotatable bonds is 3. The number of carboxylic acid groups (broad SMARTS) is 1. The number of hydrogen-bond donors (Lipinski definition) is 2. The van der Waals surface area contributed by atoms with Gasteiger partial charge in [0.15, 0.2) is 0 Å². The van der Waals surface area contributed by atoms with E-state index >= 15 is 0 Å². The highest BCUT2D eigenvalue weighted by Crippen LogP contribution is 2.25. The van der Waals surface area contributed by atoms with Crippen LogP contribution in [-0.2, 0) is 4.79 Å². The fourth-order valence-electron chi connectivity index (χ4n) is 2.40. The molecule has 0 aromatic rings. The van der Waals surface area contributed by atoms with Crippen molar-refractivity contribution in [3.63, 3.8) is 0 Å². The number of carbonyl (C=O) groups is 1. The molecule has 0 spiro atoms. The van der Waals surface area contributed by atoms with Gasteiger partial charge in [0.2, 0.25) is 0 Å². The number of hydrogen-bond acceptors (Lipinski definition) is 3. The van der Waals surface area contributed by atoms with Gasteiger partial charge in [0, 0.05) is 24.7 Å². The molecule has 0 radical (unpaired) electrons. The Bertz CT molecular complexity index is 218. The minimum absolute atomic E-state index is 0.0647. The van der Waals surface area contributed by atoms with Crippen LogP contribution in [0.2, 0.25) is 0 Å². The predicted octanol–water partition coefficient (Wildman–Crippen LogP) is 0.388. The lowest BCUT2D eigenvalue weighted by atomic mass is 10.0. The Morgan fingerprint density at radius 3 is 2.43 bits per heavy atom. The predicted molar refractivity (Wildman–Crippen MR) is 55.3 cm³/mol. The first-order valence-electron chi connectivity index (χ1n) is 5.14. The molecule has 0 aromatic heterocycles. The van der Waals surface area contributed by atoms with E-state index in [9.17, 15) is 4.79 Å². The zero-order chi connectivity index (χ0) is 10.9. The normalized spacial score (nSPS) is 33.9. The van der Waals surface area contributed by atoms with E-state index in [0.717, 1.165) is 0 Å². The zero-order valence-electron chi connectivity index (χ0n) is 9.32. The molecule has 0 aliphatic carbocycles. The van der Waals surface area contributed by atoms with Crippen molar-refractivity contribution in [1.82, 2.24) is 10.2 Å². The molecule has 4 nitrogen and oxygen atoms in total. The first kappa shape index (κ1) is 11.5. The minimum atomic E-state index is -0.695. The van der Waals surface area contributed by atoms with Gasteiger partial charge in [-0.2, -0.15) is 0 Å². The van der Waals surface area contributed by atoms with Crippen molar-refractivity contribution in [2.24, 2.45) is 5.92 Å². The maximum atomic E-state index is 11.0. The van der Waals surface area contributed by atoms with Crippen LogP contribution in [-0.4, -0.2) is 47.7 Å². The number of likely N-dealkylation sites (tertiary alicyclic amines) is 1. The van der Waals surface area contributed by atoms with Crippen molar-refractivity contribution in [3.05, 3.63) is 0 Å². The van der Waals surface area contributed by atoms with Crippen LogP contribution < -0.4 is 5.32 Å². The summed E-state index contributed by atoms with van der Waals surface area (Å²) in [5, 5.41) is 12.2. The van der Waals surface area contributed by atoms with Crippen molar-refractivity contribution in [2.45, 2.75) is 38.9 Å². The smallest absolute Gasteiger partial charge is 0.309 e. The van der Waals surface area contributed by atoms with Crippen LogP contribution in [0, 0.1) is 5.92 Å². The standard InChI is InChI=1S/C10H20N2O2/c1-6(2)12-5-8(10(13)14)9(11-4)7(12)3/h6-9,11H,5H2,1-4H3,(H,13,14). The van der Waals surface area contributed by atoms with Crippen molar-refractivity contribution < 1.29 is 9.90 Å². The maximum Gasteiger partial charge on any atom is 0.309 e. The summed E-state index contributed by atoms with van der Waals surface area (Å²) in [7, 11) is 1.83. The molecular formula is C10H20N2O2. The Kier molecular flexibility index (Phi) is 3.50. The average molecular weight is 200 g/mol. The molecule has 1 heterocycles. The Morgan fingerprint density at radius 1 is 1.57 bits per heavy atom. The van der Waals surface area contributed by atoms with Gasteiger partial charge in [-0.05, 0) is 27.8 Å². The monoisotopic (exact) mass is 200 g/mol. The third-order valence-corrected chi connectivity index (χ3v) is 3.20.